The molecule has 0 aliphatic heterocycles. The van der Waals surface area contributed by atoms with E-state index in [1.807, 2.05) is 6.92 Å². The smallest absolute Gasteiger partial charge is 0.267 e. The predicted octanol–water partition coefficient (Wildman–Crippen LogP) is 0.590. The van der Waals surface area contributed by atoms with Crippen LogP contribution >= 0.6 is 0 Å². The highest BCUT2D eigenvalue weighted by Gasteiger charge is 1.90. The van der Waals surface area contributed by atoms with Gasteiger partial charge in [0.1, 0.15) is 0 Å². The van der Waals surface area contributed by atoms with E-state index in [4.69, 9.17) is 0 Å². The largest absolute Gasteiger partial charge is 0.365 e. The molecule has 1 N–H and O–H groups in total. The Morgan fingerprint density at radius 2 is 2.50 bits per heavy atom. The minimum Gasteiger partial charge on any atom is -0.365 e. The highest BCUT2D eigenvalue weighted by molar-refractivity contribution is 5.85. The molecule has 0 radical (unpaired) electrons. The molecule has 0 unspecified atom stereocenters. The molecule has 0 spiro atoms. The van der Waals surface area contributed by atoms with Gasteiger partial charge in [0.25, 0.3) is 5.91 Å². The van der Waals surface area contributed by atoms with E-state index in [1.54, 1.807) is 6.21 Å². The van der Waals surface area contributed by atoms with Gasteiger partial charge in [-0.15, -0.1) is 0 Å². The summed E-state index contributed by atoms with van der Waals surface area (Å²) < 4.78 is 0. The second-order valence-corrected chi connectivity index (χ2v) is 1.76. The fraction of sp³-hybridized carbons (Fsp3) is 0.429. The van der Waals surface area contributed by atoms with Gasteiger partial charge in [-0.2, -0.15) is 0 Å². The molecule has 0 rings (SSSR count). The fourth-order valence-electron chi connectivity index (χ4n) is 0.326. The number of hydrogen-bond acceptors (Lipinski definition) is 4. The van der Waals surface area contributed by atoms with Crippen molar-refractivity contribution >= 4 is 12.1 Å². The third-order valence-electron chi connectivity index (χ3n) is 0.801. The summed E-state index contributed by atoms with van der Waals surface area (Å²) in [4.78, 5) is 19.5. The number of hydroxylamine groups is 1. The molecule has 5 heteroatoms. The maximum atomic E-state index is 10.5. The van der Waals surface area contributed by atoms with Crippen LogP contribution in [0, 0.1) is 0 Å². The molecule has 0 saturated heterocycles. The van der Waals surface area contributed by atoms with E-state index in [2.05, 4.69) is 26.9 Å². The number of nitrogens with zero attached hydrogens (tertiary/aromatic N) is 1. The number of rotatable bonds is 6. The molecule has 12 heavy (non-hydrogen) atoms. The van der Waals surface area contributed by atoms with Crippen LogP contribution in [0.5, 0.6) is 0 Å². The number of carbonyl (C=O) groups is 1. The summed E-state index contributed by atoms with van der Waals surface area (Å²) in [5.74, 6) is -0.418. The summed E-state index contributed by atoms with van der Waals surface area (Å²) in [6.07, 6.45) is 3.47. The van der Waals surface area contributed by atoms with Crippen molar-refractivity contribution in [3.8, 4) is 0 Å². The SMILES string of the molecule is C=CC(=O)NOCO/N=C/CC. The highest BCUT2D eigenvalue weighted by atomic mass is 16.8. The summed E-state index contributed by atoms with van der Waals surface area (Å²) >= 11 is 0. The zero-order valence-corrected chi connectivity index (χ0v) is 6.95. The van der Waals surface area contributed by atoms with Crippen LogP contribution in [0.15, 0.2) is 17.8 Å². The average molecular weight is 172 g/mol. The molecule has 1 amide bonds. The van der Waals surface area contributed by atoms with Crippen molar-refractivity contribution in [2.45, 2.75) is 13.3 Å². The van der Waals surface area contributed by atoms with Crippen molar-refractivity contribution in [2.75, 3.05) is 6.79 Å². The monoisotopic (exact) mass is 172 g/mol. The molecule has 0 fully saturated rings. The fourth-order valence-corrected chi connectivity index (χ4v) is 0.326. The molecule has 68 valence electrons. The normalized spacial score (nSPS) is 9.75. The van der Waals surface area contributed by atoms with Crippen molar-refractivity contribution in [3.63, 3.8) is 0 Å². The quantitative estimate of drug-likeness (QED) is 0.210. The van der Waals surface area contributed by atoms with E-state index in [9.17, 15) is 4.79 Å². The van der Waals surface area contributed by atoms with E-state index in [-0.39, 0.29) is 6.79 Å². The van der Waals surface area contributed by atoms with Crippen molar-refractivity contribution in [1.82, 2.24) is 5.48 Å². The summed E-state index contributed by atoms with van der Waals surface area (Å²) in [7, 11) is 0. The molecule has 0 aromatic carbocycles. The van der Waals surface area contributed by atoms with Gasteiger partial charge in [0.2, 0.25) is 6.79 Å². The Morgan fingerprint density at radius 1 is 1.75 bits per heavy atom. The Morgan fingerprint density at radius 3 is 3.08 bits per heavy atom. The van der Waals surface area contributed by atoms with Crippen LogP contribution in [0.3, 0.4) is 0 Å². The first kappa shape index (κ1) is 10.6. The van der Waals surface area contributed by atoms with Gasteiger partial charge in [0.05, 0.1) is 0 Å². The lowest BCUT2D eigenvalue weighted by atomic mass is 10.6. The summed E-state index contributed by atoms with van der Waals surface area (Å²) in [5, 5.41) is 3.49. The number of oxime groups is 1. The molecule has 0 atom stereocenters. The number of nitrogens with one attached hydrogen (secondary N) is 1. The van der Waals surface area contributed by atoms with Crippen LogP contribution in [0.1, 0.15) is 13.3 Å². The molecular formula is C7H12N2O3. The van der Waals surface area contributed by atoms with Gasteiger partial charge in [0.15, 0.2) is 0 Å². The van der Waals surface area contributed by atoms with Crippen LogP contribution in [-0.2, 0) is 14.5 Å². The minimum atomic E-state index is -0.418. The van der Waals surface area contributed by atoms with E-state index >= 15 is 0 Å². The first-order valence-electron chi connectivity index (χ1n) is 3.49. The second kappa shape index (κ2) is 7.74. The molecular weight excluding hydrogens is 160 g/mol. The third-order valence-corrected chi connectivity index (χ3v) is 0.801. The van der Waals surface area contributed by atoms with E-state index in [0.29, 0.717) is 0 Å². The molecule has 0 aromatic heterocycles. The van der Waals surface area contributed by atoms with E-state index in [1.165, 1.54) is 0 Å². The van der Waals surface area contributed by atoms with Crippen LogP contribution < -0.4 is 5.48 Å². The van der Waals surface area contributed by atoms with Gasteiger partial charge in [-0.25, -0.2) is 10.3 Å². The van der Waals surface area contributed by atoms with Gasteiger partial charge in [-0.1, -0.05) is 18.7 Å². The molecule has 0 bridgehead atoms. The van der Waals surface area contributed by atoms with Crippen molar-refractivity contribution in [2.24, 2.45) is 5.16 Å². The van der Waals surface area contributed by atoms with Gasteiger partial charge in [-0.3, -0.25) is 4.79 Å². The predicted molar refractivity (Wildman–Crippen MR) is 44.2 cm³/mol. The van der Waals surface area contributed by atoms with Gasteiger partial charge in [0, 0.05) is 6.21 Å². The standard InChI is InChI=1S/C7H12N2O3/c1-3-5-8-11-6-12-9-7(10)4-2/h4-5H,2-3,6H2,1H3,(H,9,10)/b8-5+. The zero-order chi connectivity index (χ0) is 9.23. The number of hydrogen-bond donors (Lipinski definition) is 1. The Balaban J connectivity index is 3.16. The molecule has 0 heterocycles. The zero-order valence-electron chi connectivity index (χ0n) is 6.95. The van der Waals surface area contributed by atoms with Gasteiger partial charge < -0.3 is 4.84 Å². The first-order chi connectivity index (χ1) is 5.81. The summed E-state index contributed by atoms with van der Waals surface area (Å²) in [6, 6.07) is 0. The minimum absolute atomic E-state index is 0.115. The Labute approximate surface area is 71.0 Å². The van der Waals surface area contributed by atoms with Crippen LogP contribution in [-0.4, -0.2) is 18.9 Å². The van der Waals surface area contributed by atoms with Crippen molar-refractivity contribution in [3.05, 3.63) is 12.7 Å². The lowest BCUT2D eigenvalue weighted by Crippen LogP contribution is -2.22. The number of amides is 1. The molecule has 0 saturated carbocycles. The van der Waals surface area contributed by atoms with E-state index in [0.717, 1.165) is 12.5 Å². The van der Waals surface area contributed by atoms with Crippen molar-refractivity contribution < 1.29 is 14.5 Å². The Kier molecular flexibility index (Phi) is 6.87. The second-order valence-electron chi connectivity index (χ2n) is 1.76. The molecule has 0 aliphatic rings. The summed E-state index contributed by atoms with van der Waals surface area (Å²) in [5.41, 5.74) is 2.05. The third kappa shape index (κ3) is 6.76. The first-order valence-corrected chi connectivity index (χ1v) is 3.49. The average Bonchev–Trinajstić information content (AvgIpc) is 2.10. The maximum Gasteiger partial charge on any atom is 0.267 e. The van der Waals surface area contributed by atoms with Crippen LogP contribution in [0.2, 0.25) is 0 Å². The Bertz CT molecular complexity index is 168. The van der Waals surface area contributed by atoms with Gasteiger partial charge >= 0.3 is 0 Å². The summed E-state index contributed by atoms with van der Waals surface area (Å²) in [6.45, 7) is 5.04. The topological polar surface area (TPSA) is 59.9 Å². The lowest BCUT2D eigenvalue weighted by molar-refractivity contribution is -0.143. The van der Waals surface area contributed by atoms with Crippen molar-refractivity contribution in [1.29, 1.82) is 0 Å². The molecule has 0 aliphatic carbocycles. The Hall–Kier alpha value is -1.36. The maximum absolute atomic E-state index is 10.5. The highest BCUT2D eigenvalue weighted by Crippen LogP contribution is 1.77. The lowest BCUT2D eigenvalue weighted by Gasteiger charge is -2.00. The van der Waals surface area contributed by atoms with Crippen LogP contribution in [0.25, 0.3) is 0 Å². The molecule has 5 nitrogen and oxygen atoms in total. The molecule has 0 aromatic rings. The van der Waals surface area contributed by atoms with Crippen LogP contribution in [0.4, 0.5) is 0 Å². The number of carbonyl (C=O) groups excluding carboxylic acids is 1. The van der Waals surface area contributed by atoms with E-state index < -0.39 is 5.91 Å². The van der Waals surface area contributed by atoms with Gasteiger partial charge in [-0.05, 0) is 12.5 Å².